The molecule has 3 aromatic carbocycles. The Morgan fingerprint density at radius 3 is 1.98 bits per heavy atom. The molecule has 0 aliphatic carbocycles. The fourth-order valence-electron chi connectivity index (χ4n) is 5.67. The largest absolute Gasteiger partial charge is 2.00 e. The summed E-state index contributed by atoms with van der Waals surface area (Å²) in [7, 11) is 0. The van der Waals surface area contributed by atoms with Crippen LogP contribution in [0.3, 0.4) is 0 Å². The van der Waals surface area contributed by atoms with Gasteiger partial charge in [0.25, 0.3) is 0 Å². The molecule has 0 unspecified atom stereocenters. The van der Waals surface area contributed by atoms with Crippen molar-refractivity contribution < 1.29 is 21.1 Å². The fraction of sp³-hybridized carbons (Fsp3) is 0.200. The van der Waals surface area contributed by atoms with E-state index >= 15 is 0 Å². The Kier molecular flexibility index (Phi) is 7.91. The first-order valence-electron chi connectivity index (χ1n) is 15.2. The van der Waals surface area contributed by atoms with Gasteiger partial charge in [0.2, 0.25) is 0 Å². The quantitative estimate of drug-likeness (QED) is 0.168. The SMILES string of the molecule is CC(C)(C)c1cc(-c2cc(-c3ccccn3)[c-]c(-c3ccc4ccn(-c5cc6ccccc6[n-]5)c4n3)c2)cc(C(C)(C)C)c1.[Pt+2]. The van der Waals surface area contributed by atoms with Crippen molar-refractivity contribution in [2.45, 2.75) is 52.4 Å². The molecule has 4 aromatic heterocycles. The second kappa shape index (κ2) is 11.6. The minimum Gasteiger partial charge on any atom is -0.435 e. The van der Waals surface area contributed by atoms with E-state index in [0.717, 1.165) is 55.8 Å². The Morgan fingerprint density at radius 1 is 0.644 bits per heavy atom. The van der Waals surface area contributed by atoms with Gasteiger partial charge < -0.3 is 9.55 Å². The molecule has 0 saturated heterocycles. The van der Waals surface area contributed by atoms with Crippen LogP contribution in [0.1, 0.15) is 52.7 Å². The number of pyridine rings is 2. The van der Waals surface area contributed by atoms with Gasteiger partial charge in [-0.15, -0.1) is 18.2 Å². The normalized spacial score (nSPS) is 12.0. The summed E-state index contributed by atoms with van der Waals surface area (Å²) in [5.41, 5.74) is 10.4. The van der Waals surface area contributed by atoms with Gasteiger partial charge in [0.1, 0.15) is 0 Å². The predicted molar refractivity (Wildman–Crippen MR) is 182 cm³/mol. The van der Waals surface area contributed by atoms with E-state index in [4.69, 9.17) is 9.97 Å². The Morgan fingerprint density at radius 2 is 1.31 bits per heavy atom. The number of benzene rings is 3. The number of aromatic nitrogens is 4. The molecule has 5 heteroatoms. The van der Waals surface area contributed by atoms with Crippen molar-refractivity contribution in [1.82, 2.24) is 19.5 Å². The molecule has 0 atom stereocenters. The van der Waals surface area contributed by atoms with Gasteiger partial charge in [-0.3, -0.25) is 9.97 Å². The topological polar surface area (TPSA) is 44.8 Å². The zero-order chi connectivity index (χ0) is 30.6. The molecule has 0 amide bonds. The maximum atomic E-state index is 5.21. The smallest absolute Gasteiger partial charge is 0.435 e. The van der Waals surface area contributed by atoms with Gasteiger partial charge in [0, 0.05) is 17.6 Å². The van der Waals surface area contributed by atoms with Crippen molar-refractivity contribution in [3.63, 3.8) is 0 Å². The monoisotopic (exact) mass is 767 g/mol. The van der Waals surface area contributed by atoms with Crippen LogP contribution in [0.25, 0.3) is 61.4 Å². The van der Waals surface area contributed by atoms with E-state index in [1.54, 1.807) is 0 Å². The van der Waals surface area contributed by atoms with Gasteiger partial charge >= 0.3 is 21.1 Å². The number of hydrogen-bond donors (Lipinski definition) is 0. The third kappa shape index (κ3) is 6.04. The van der Waals surface area contributed by atoms with Crippen LogP contribution in [0.2, 0.25) is 0 Å². The predicted octanol–water partition coefficient (Wildman–Crippen LogP) is 9.92. The summed E-state index contributed by atoms with van der Waals surface area (Å²) in [4.78, 5) is 14.8. The summed E-state index contributed by atoms with van der Waals surface area (Å²) in [5, 5.41) is 2.18. The summed E-state index contributed by atoms with van der Waals surface area (Å²) < 4.78 is 2.07. The van der Waals surface area contributed by atoms with Gasteiger partial charge in [0.15, 0.2) is 0 Å². The molecule has 4 heterocycles. The molecule has 226 valence electrons. The third-order valence-corrected chi connectivity index (χ3v) is 8.32. The molecular weight excluding hydrogens is 732 g/mol. The first kappa shape index (κ1) is 30.7. The number of hydrogen-bond acceptors (Lipinski definition) is 2. The van der Waals surface area contributed by atoms with Crippen molar-refractivity contribution in [3.05, 3.63) is 127 Å². The second-order valence-electron chi connectivity index (χ2n) is 13.7. The molecule has 0 saturated carbocycles. The van der Waals surface area contributed by atoms with Crippen LogP contribution in [0.4, 0.5) is 0 Å². The third-order valence-electron chi connectivity index (χ3n) is 8.32. The molecule has 0 fully saturated rings. The second-order valence-corrected chi connectivity index (χ2v) is 13.7. The van der Waals surface area contributed by atoms with Gasteiger partial charge in [-0.25, -0.2) is 0 Å². The zero-order valence-corrected chi connectivity index (χ0v) is 28.8. The number of para-hydroxylation sites is 1. The Bertz CT molecular complexity index is 2070. The van der Waals surface area contributed by atoms with E-state index in [1.165, 1.54) is 16.7 Å². The fourth-order valence-corrected chi connectivity index (χ4v) is 5.67. The molecule has 0 N–H and O–H groups in total. The molecule has 45 heavy (non-hydrogen) atoms. The molecular formula is C40H36N4Pt. The van der Waals surface area contributed by atoms with Crippen molar-refractivity contribution >= 4 is 21.9 Å². The van der Waals surface area contributed by atoms with E-state index in [2.05, 4.69) is 118 Å². The van der Waals surface area contributed by atoms with Crippen LogP contribution >= 0.6 is 0 Å². The van der Waals surface area contributed by atoms with Gasteiger partial charge in [0.05, 0.1) is 5.65 Å². The molecule has 0 spiro atoms. The van der Waals surface area contributed by atoms with Crippen molar-refractivity contribution in [1.29, 1.82) is 0 Å². The summed E-state index contributed by atoms with van der Waals surface area (Å²) in [5.74, 6) is 0.867. The van der Waals surface area contributed by atoms with Crippen LogP contribution in [-0.2, 0) is 31.9 Å². The van der Waals surface area contributed by atoms with Crippen LogP contribution in [0.15, 0.2) is 109 Å². The van der Waals surface area contributed by atoms with Crippen molar-refractivity contribution in [3.8, 4) is 39.5 Å². The summed E-state index contributed by atoms with van der Waals surface area (Å²) >= 11 is 0. The van der Waals surface area contributed by atoms with Crippen LogP contribution < -0.4 is 4.98 Å². The van der Waals surface area contributed by atoms with E-state index in [1.807, 2.05) is 48.8 Å². The zero-order valence-electron chi connectivity index (χ0n) is 26.5. The van der Waals surface area contributed by atoms with E-state index in [-0.39, 0.29) is 31.9 Å². The molecule has 7 rings (SSSR count). The molecule has 7 aromatic rings. The summed E-state index contributed by atoms with van der Waals surface area (Å²) in [6.45, 7) is 13.7. The van der Waals surface area contributed by atoms with Crippen LogP contribution in [-0.4, -0.2) is 14.5 Å². The maximum Gasteiger partial charge on any atom is 2.00 e. The summed E-state index contributed by atoms with van der Waals surface area (Å²) in [6.07, 6.45) is 3.88. The van der Waals surface area contributed by atoms with Crippen LogP contribution in [0, 0.1) is 6.07 Å². The average Bonchev–Trinajstić information content (AvgIpc) is 3.64. The van der Waals surface area contributed by atoms with Gasteiger partial charge in [-0.2, -0.15) is 0 Å². The average molecular weight is 768 g/mol. The Balaban J connectivity index is 0.00000357. The minimum atomic E-state index is 0. The number of fused-ring (bicyclic) bond motifs is 2. The first-order chi connectivity index (χ1) is 21.0. The Labute approximate surface area is 279 Å². The van der Waals surface area contributed by atoms with Crippen molar-refractivity contribution in [2.75, 3.05) is 0 Å². The molecule has 0 bridgehead atoms. The molecule has 4 nitrogen and oxygen atoms in total. The molecule has 0 aliphatic rings. The van der Waals surface area contributed by atoms with E-state index in [9.17, 15) is 0 Å². The summed E-state index contributed by atoms with van der Waals surface area (Å²) in [6, 6.07) is 37.8. The Hall–Kier alpha value is -4.27. The molecule has 0 radical (unpaired) electrons. The van der Waals surface area contributed by atoms with Gasteiger partial charge in [-0.05, 0) is 49.9 Å². The molecule has 0 aliphatic heterocycles. The van der Waals surface area contributed by atoms with Crippen LogP contribution in [0.5, 0.6) is 0 Å². The number of rotatable bonds is 4. The standard InChI is InChI=1S/C40H36N4.Pt/c1-39(2,3)32-22-29(23-33(25-32)40(4,5)6)28-19-30(34-12-9-10-17-41-34)21-31(20-28)36-15-14-26-16-18-44(38(26)43-36)37-24-27-11-7-8-13-35(27)42-37;/h7-20,22-25H,1-6H3;/q-2;+2. The first-order valence-corrected chi connectivity index (χ1v) is 15.2. The van der Waals surface area contributed by atoms with E-state index in [0.29, 0.717) is 0 Å². The maximum absolute atomic E-state index is 5.21. The van der Waals surface area contributed by atoms with E-state index < -0.39 is 0 Å². The number of nitrogens with zero attached hydrogens (tertiary/aromatic N) is 4. The minimum absolute atomic E-state index is 0. The van der Waals surface area contributed by atoms with Crippen molar-refractivity contribution in [2.24, 2.45) is 0 Å². The van der Waals surface area contributed by atoms with Gasteiger partial charge in [-0.1, -0.05) is 149 Å².